The van der Waals surface area contributed by atoms with E-state index in [4.69, 9.17) is 0 Å². The summed E-state index contributed by atoms with van der Waals surface area (Å²) in [6.07, 6.45) is 1.59. The van der Waals surface area contributed by atoms with Crippen LogP contribution in [-0.4, -0.2) is 12.6 Å². The minimum atomic E-state index is 0.419. The van der Waals surface area contributed by atoms with E-state index >= 15 is 0 Å². The van der Waals surface area contributed by atoms with E-state index in [0.717, 1.165) is 51.5 Å². The number of aldehydes is 2. The summed E-state index contributed by atoms with van der Waals surface area (Å²) >= 11 is 0. The molecule has 0 saturated carbocycles. The fourth-order valence-electron chi connectivity index (χ4n) is 3.70. The average Bonchev–Trinajstić information content (AvgIpc) is 2.79. The highest BCUT2D eigenvalue weighted by Crippen LogP contribution is 2.40. The first-order chi connectivity index (χ1) is 14.2. The van der Waals surface area contributed by atoms with Crippen molar-refractivity contribution in [2.24, 2.45) is 0 Å². The molecule has 0 spiro atoms. The molecule has 29 heavy (non-hydrogen) atoms. The summed E-state index contributed by atoms with van der Waals surface area (Å²) in [6, 6.07) is 29.7. The number of hydrogen-bond acceptors (Lipinski definition) is 2. The Morgan fingerprint density at radius 1 is 0.552 bits per heavy atom. The van der Waals surface area contributed by atoms with Crippen LogP contribution in [-0.2, 0) is 0 Å². The number of carbonyl (C=O) groups is 2. The van der Waals surface area contributed by atoms with Crippen LogP contribution in [0.25, 0.3) is 33.4 Å². The minimum Gasteiger partial charge on any atom is -0.298 e. The molecule has 0 aromatic heterocycles. The van der Waals surface area contributed by atoms with Gasteiger partial charge in [-0.25, -0.2) is 0 Å². The van der Waals surface area contributed by atoms with Crippen molar-refractivity contribution in [3.05, 3.63) is 108 Å². The van der Waals surface area contributed by atoms with Crippen LogP contribution in [0.2, 0.25) is 0 Å². The summed E-state index contributed by atoms with van der Waals surface area (Å²) in [5, 5.41) is 0. The second-order valence-electron chi connectivity index (χ2n) is 7.01. The maximum absolute atomic E-state index is 12.2. The van der Waals surface area contributed by atoms with Crippen LogP contribution in [0, 0.1) is 6.92 Å². The molecule has 0 heterocycles. The highest BCUT2D eigenvalue weighted by molar-refractivity contribution is 6.07. The van der Waals surface area contributed by atoms with Gasteiger partial charge in [0.2, 0.25) is 0 Å². The molecule has 0 N–H and O–H groups in total. The topological polar surface area (TPSA) is 34.1 Å². The molecule has 2 heteroatoms. The molecule has 0 aliphatic carbocycles. The van der Waals surface area contributed by atoms with Gasteiger partial charge in [-0.05, 0) is 40.8 Å². The van der Waals surface area contributed by atoms with E-state index in [1.807, 2.05) is 97.9 Å². The van der Waals surface area contributed by atoms with Crippen LogP contribution in [0.5, 0.6) is 0 Å². The fraction of sp³-hybridized carbons (Fsp3) is 0.0370. The first-order valence-corrected chi connectivity index (χ1v) is 9.52. The van der Waals surface area contributed by atoms with E-state index in [9.17, 15) is 9.59 Å². The van der Waals surface area contributed by atoms with Crippen LogP contribution in [0.15, 0.2) is 91.0 Å². The van der Waals surface area contributed by atoms with Crippen LogP contribution >= 0.6 is 0 Å². The van der Waals surface area contributed by atoms with Crippen LogP contribution in [0.1, 0.15) is 26.3 Å². The normalized spacial score (nSPS) is 10.5. The summed E-state index contributed by atoms with van der Waals surface area (Å²) in [6.45, 7) is 2.02. The van der Waals surface area contributed by atoms with Crippen LogP contribution < -0.4 is 0 Å². The molecule has 140 valence electrons. The molecule has 0 amide bonds. The van der Waals surface area contributed by atoms with E-state index in [2.05, 4.69) is 0 Å². The lowest BCUT2D eigenvalue weighted by Crippen LogP contribution is -2.01. The van der Waals surface area contributed by atoms with Gasteiger partial charge in [-0.1, -0.05) is 90.5 Å². The summed E-state index contributed by atoms with van der Waals surface area (Å²) in [5.41, 5.74) is 7.28. The lowest BCUT2D eigenvalue weighted by Gasteiger charge is -2.18. The molecule has 0 saturated heterocycles. The Morgan fingerprint density at radius 2 is 1.07 bits per heavy atom. The molecule has 0 atom stereocenters. The number of aryl methyl sites for hydroxylation is 1. The number of carbonyl (C=O) groups excluding carboxylic acids is 2. The van der Waals surface area contributed by atoms with E-state index < -0.39 is 0 Å². The Labute approximate surface area is 170 Å². The largest absolute Gasteiger partial charge is 0.298 e. The third-order valence-electron chi connectivity index (χ3n) is 5.15. The van der Waals surface area contributed by atoms with Crippen molar-refractivity contribution in [1.82, 2.24) is 0 Å². The molecule has 4 aromatic carbocycles. The summed E-state index contributed by atoms with van der Waals surface area (Å²) in [5.74, 6) is 0. The molecule has 2 nitrogen and oxygen atoms in total. The van der Waals surface area contributed by atoms with E-state index in [1.165, 1.54) is 0 Å². The molecule has 0 fully saturated rings. The zero-order valence-electron chi connectivity index (χ0n) is 16.1. The summed E-state index contributed by atoms with van der Waals surface area (Å²) in [7, 11) is 0. The van der Waals surface area contributed by atoms with Crippen LogP contribution in [0.3, 0.4) is 0 Å². The molecular formula is C27H20O2. The molecule has 0 aliphatic heterocycles. The van der Waals surface area contributed by atoms with Crippen molar-refractivity contribution in [2.45, 2.75) is 6.92 Å². The molecular weight excluding hydrogens is 356 g/mol. The van der Waals surface area contributed by atoms with Gasteiger partial charge >= 0.3 is 0 Å². The number of rotatable bonds is 5. The Morgan fingerprint density at radius 3 is 1.62 bits per heavy atom. The molecule has 0 bridgehead atoms. The van der Waals surface area contributed by atoms with Gasteiger partial charge in [-0.2, -0.15) is 0 Å². The Balaban J connectivity index is 2.11. The first-order valence-electron chi connectivity index (χ1n) is 9.52. The van der Waals surface area contributed by atoms with Crippen molar-refractivity contribution in [2.75, 3.05) is 0 Å². The van der Waals surface area contributed by atoms with Gasteiger partial charge in [0.25, 0.3) is 0 Å². The fourth-order valence-corrected chi connectivity index (χ4v) is 3.70. The SMILES string of the molecule is Cc1ccc(-c2cc(-c3ccccc3)c(-c3ccccc3)c(C=O)c2C=O)cc1. The lowest BCUT2D eigenvalue weighted by atomic mass is 9.84. The molecule has 0 radical (unpaired) electrons. The average molecular weight is 376 g/mol. The first kappa shape index (κ1) is 18.6. The zero-order valence-corrected chi connectivity index (χ0v) is 16.1. The van der Waals surface area contributed by atoms with E-state index in [1.54, 1.807) is 0 Å². The third kappa shape index (κ3) is 3.53. The monoisotopic (exact) mass is 376 g/mol. The van der Waals surface area contributed by atoms with Crippen molar-refractivity contribution < 1.29 is 9.59 Å². The standard InChI is InChI=1S/C27H20O2/c1-19-12-14-21(15-13-19)23-16-24(20-8-4-2-5-9-20)27(22-10-6-3-7-11-22)26(18-29)25(23)17-28/h2-18H,1H3. The third-order valence-corrected chi connectivity index (χ3v) is 5.15. The lowest BCUT2D eigenvalue weighted by molar-refractivity contribution is 0.109. The highest BCUT2D eigenvalue weighted by atomic mass is 16.1. The highest BCUT2D eigenvalue weighted by Gasteiger charge is 2.20. The van der Waals surface area contributed by atoms with Gasteiger partial charge in [-0.15, -0.1) is 0 Å². The maximum atomic E-state index is 12.2. The van der Waals surface area contributed by atoms with Gasteiger partial charge in [0.15, 0.2) is 12.6 Å². The van der Waals surface area contributed by atoms with Crippen molar-refractivity contribution in [3.8, 4) is 33.4 Å². The van der Waals surface area contributed by atoms with Gasteiger partial charge in [0.1, 0.15) is 0 Å². The van der Waals surface area contributed by atoms with Crippen molar-refractivity contribution in [1.29, 1.82) is 0 Å². The quantitative estimate of drug-likeness (QED) is 0.367. The Kier molecular flexibility index (Phi) is 5.17. The van der Waals surface area contributed by atoms with E-state index in [-0.39, 0.29) is 0 Å². The molecule has 4 aromatic rings. The molecule has 4 rings (SSSR count). The molecule has 0 aliphatic rings. The van der Waals surface area contributed by atoms with Gasteiger partial charge < -0.3 is 0 Å². The van der Waals surface area contributed by atoms with Crippen LogP contribution in [0.4, 0.5) is 0 Å². The van der Waals surface area contributed by atoms with Crippen molar-refractivity contribution in [3.63, 3.8) is 0 Å². The summed E-state index contributed by atoms with van der Waals surface area (Å²) in [4.78, 5) is 24.4. The summed E-state index contributed by atoms with van der Waals surface area (Å²) < 4.78 is 0. The maximum Gasteiger partial charge on any atom is 0.151 e. The Bertz CT molecular complexity index is 1160. The minimum absolute atomic E-state index is 0.419. The second-order valence-corrected chi connectivity index (χ2v) is 7.01. The zero-order chi connectivity index (χ0) is 20.2. The smallest absolute Gasteiger partial charge is 0.151 e. The predicted octanol–water partition coefficient (Wildman–Crippen LogP) is 6.62. The van der Waals surface area contributed by atoms with Gasteiger partial charge in [0.05, 0.1) is 0 Å². The number of hydrogen-bond donors (Lipinski definition) is 0. The van der Waals surface area contributed by atoms with Gasteiger partial charge in [-0.3, -0.25) is 9.59 Å². The number of benzene rings is 4. The predicted molar refractivity (Wildman–Crippen MR) is 118 cm³/mol. The molecule has 0 unspecified atom stereocenters. The van der Waals surface area contributed by atoms with E-state index in [0.29, 0.717) is 11.1 Å². The Hall–Kier alpha value is -3.78. The van der Waals surface area contributed by atoms with Crippen molar-refractivity contribution >= 4 is 12.6 Å². The second kappa shape index (κ2) is 8.07. The van der Waals surface area contributed by atoms with Gasteiger partial charge in [0, 0.05) is 16.7 Å².